The van der Waals surface area contributed by atoms with Gasteiger partial charge in [-0.25, -0.2) is 0 Å². The largest absolute Gasteiger partial charge is 0.481 e. The fourth-order valence-electron chi connectivity index (χ4n) is 2.12. The Morgan fingerprint density at radius 3 is 2.67 bits per heavy atom. The van der Waals surface area contributed by atoms with Gasteiger partial charge in [-0.1, -0.05) is 34.1 Å². The summed E-state index contributed by atoms with van der Waals surface area (Å²) in [6, 6.07) is 7.97. The van der Waals surface area contributed by atoms with E-state index in [9.17, 15) is 9.90 Å². The van der Waals surface area contributed by atoms with Crippen LogP contribution in [0, 0.1) is 5.41 Å². The Balaban J connectivity index is 1.99. The third-order valence-corrected chi connectivity index (χ3v) is 3.95. The van der Waals surface area contributed by atoms with Crippen molar-refractivity contribution in [3.63, 3.8) is 0 Å². The maximum Gasteiger partial charge on any atom is 0.315 e. The summed E-state index contributed by atoms with van der Waals surface area (Å²) >= 11 is 3.50. The standard InChI is InChI=1S/C13H16BrNO3/c1-15(6-10-4-2-3-5-11(10)14)7-13(12(16)17)8-18-9-13/h2-5H,6-9H2,1H3,(H,16,17). The van der Waals surface area contributed by atoms with Gasteiger partial charge in [-0.15, -0.1) is 0 Å². The van der Waals surface area contributed by atoms with E-state index in [0.29, 0.717) is 19.8 Å². The predicted molar refractivity (Wildman–Crippen MR) is 71.4 cm³/mol. The van der Waals surface area contributed by atoms with E-state index in [-0.39, 0.29) is 0 Å². The average molecular weight is 314 g/mol. The molecule has 5 heteroatoms. The Morgan fingerprint density at radius 1 is 1.50 bits per heavy atom. The highest BCUT2D eigenvalue weighted by Gasteiger charge is 2.46. The molecule has 1 aliphatic heterocycles. The molecule has 0 bridgehead atoms. The van der Waals surface area contributed by atoms with E-state index in [2.05, 4.69) is 15.9 Å². The van der Waals surface area contributed by atoms with Crippen LogP contribution in [0.1, 0.15) is 5.56 Å². The van der Waals surface area contributed by atoms with Crippen molar-refractivity contribution in [1.29, 1.82) is 0 Å². The molecule has 18 heavy (non-hydrogen) atoms. The summed E-state index contributed by atoms with van der Waals surface area (Å²) in [4.78, 5) is 13.3. The normalized spacial score (nSPS) is 17.5. The van der Waals surface area contributed by atoms with E-state index in [1.807, 2.05) is 36.2 Å². The lowest BCUT2D eigenvalue weighted by Gasteiger charge is -2.40. The molecule has 4 nitrogen and oxygen atoms in total. The highest BCUT2D eigenvalue weighted by Crippen LogP contribution is 2.29. The first-order valence-corrected chi connectivity index (χ1v) is 6.56. The van der Waals surface area contributed by atoms with Gasteiger partial charge in [0.05, 0.1) is 13.2 Å². The van der Waals surface area contributed by atoms with Crippen LogP contribution in [0.15, 0.2) is 28.7 Å². The lowest BCUT2D eigenvalue weighted by molar-refractivity contribution is -0.183. The van der Waals surface area contributed by atoms with Gasteiger partial charge in [0, 0.05) is 17.6 Å². The molecule has 0 spiro atoms. The van der Waals surface area contributed by atoms with Gasteiger partial charge in [0.1, 0.15) is 5.41 Å². The number of carboxylic acids is 1. The van der Waals surface area contributed by atoms with Gasteiger partial charge in [-0.05, 0) is 18.7 Å². The maximum absolute atomic E-state index is 11.2. The highest BCUT2D eigenvalue weighted by atomic mass is 79.9. The van der Waals surface area contributed by atoms with Crippen LogP contribution in [-0.2, 0) is 16.1 Å². The van der Waals surface area contributed by atoms with Crippen molar-refractivity contribution in [2.24, 2.45) is 5.41 Å². The number of carbonyl (C=O) groups is 1. The summed E-state index contributed by atoms with van der Waals surface area (Å²) in [5.41, 5.74) is 0.427. The van der Waals surface area contributed by atoms with E-state index in [4.69, 9.17) is 4.74 Å². The third-order valence-electron chi connectivity index (χ3n) is 3.18. The summed E-state index contributed by atoms with van der Waals surface area (Å²) in [6.45, 7) is 1.84. The second-order valence-electron chi connectivity index (χ2n) is 4.84. The Morgan fingerprint density at radius 2 is 2.17 bits per heavy atom. The van der Waals surface area contributed by atoms with Crippen molar-refractivity contribution < 1.29 is 14.6 Å². The average Bonchev–Trinajstić information content (AvgIpc) is 2.26. The Labute approximate surface area is 115 Å². The zero-order chi connectivity index (χ0) is 13.2. The molecule has 0 aromatic heterocycles. The molecule has 0 saturated carbocycles. The molecule has 0 aliphatic carbocycles. The van der Waals surface area contributed by atoms with Crippen LogP contribution in [0.25, 0.3) is 0 Å². The number of hydrogen-bond acceptors (Lipinski definition) is 3. The van der Waals surface area contributed by atoms with Crippen molar-refractivity contribution in [2.45, 2.75) is 6.54 Å². The number of rotatable bonds is 5. The molecule has 1 aliphatic rings. The van der Waals surface area contributed by atoms with Gasteiger partial charge in [0.15, 0.2) is 0 Å². The zero-order valence-corrected chi connectivity index (χ0v) is 11.8. The van der Waals surface area contributed by atoms with Crippen LogP contribution in [0.4, 0.5) is 0 Å². The predicted octanol–water partition coefficient (Wildman–Crippen LogP) is 1.98. The molecular weight excluding hydrogens is 298 g/mol. The van der Waals surface area contributed by atoms with Gasteiger partial charge >= 0.3 is 5.97 Å². The minimum Gasteiger partial charge on any atom is -0.481 e. The zero-order valence-electron chi connectivity index (χ0n) is 10.2. The minimum absolute atomic E-state index is 0.308. The van der Waals surface area contributed by atoms with Gasteiger partial charge in [-0.3, -0.25) is 4.79 Å². The van der Waals surface area contributed by atoms with Crippen LogP contribution in [0.2, 0.25) is 0 Å². The second kappa shape index (κ2) is 5.38. The molecule has 1 aromatic carbocycles. The van der Waals surface area contributed by atoms with Gasteiger partial charge in [0.25, 0.3) is 0 Å². The third kappa shape index (κ3) is 2.74. The number of hydrogen-bond donors (Lipinski definition) is 1. The topological polar surface area (TPSA) is 49.8 Å². The van der Waals surface area contributed by atoms with Crippen molar-refractivity contribution in [2.75, 3.05) is 26.8 Å². The van der Waals surface area contributed by atoms with Crippen molar-refractivity contribution in [3.05, 3.63) is 34.3 Å². The summed E-state index contributed by atoms with van der Waals surface area (Å²) in [5.74, 6) is -0.771. The lowest BCUT2D eigenvalue weighted by atomic mass is 9.85. The molecule has 1 fully saturated rings. The van der Waals surface area contributed by atoms with Crippen LogP contribution >= 0.6 is 15.9 Å². The first-order valence-electron chi connectivity index (χ1n) is 5.77. The van der Waals surface area contributed by atoms with Crippen LogP contribution in [0.5, 0.6) is 0 Å². The lowest BCUT2D eigenvalue weighted by Crippen LogP contribution is -2.55. The number of halogens is 1. The molecule has 0 radical (unpaired) electrons. The van der Waals surface area contributed by atoms with Gasteiger partial charge in [-0.2, -0.15) is 0 Å². The fraction of sp³-hybridized carbons (Fsp3) is 0.462. The number of carboxylic acid groups (broad SMARTS) is 1. The van der Waals surface area contributed by atoms with Crippen LogP contribution < -0.4 is 0 Å². The molecule has 2 rings (SSSR count). The summed E-state index contributed by atoms with van der Waals surface area (Å²) in [6.07, 6.45) is 0. The van der Waals surface area contributed by atoms with Crippen LogP contribution in [-0.4, -0.2) is 42.8 Å². The molecular formula is C13H16BrNO3. The minimum atomic E-state index is -0.771. The van der Waals surface area contributed by atoms with E-state index >= 15 is 0 Å². The Bertz CT molecular complexity index is 446. The van der Waals surface area contributed by atoms with Crippen LogP contribution in [0.3, 0.4) is 0 Å². The van der Waals surface area contributed by atoms with Gasteiger partial charge < -0.3 is 14.7 Å². The van der Waals surface area contributed by atoms with E-state index in [1.54, 1.807) is 0 Å². The molecule has 0 unspecified atom stereocenters. The second-order valence-corrected chi connectivity index (χ2v) is 5.70. The van der Waals surface area contributed by atoms with E-state index < -0.39 is 11.4 Å². The van der Waals surface area contributed by atoms with E-state index in [0.717, 1.165) is 16.6 Å². The van der Waals surface area contributed by atoms with Crippen molar-refractivity contribution in [1.82, 2.24) is 4.90 Å². The van der Waals surface area contributed by atoms with Crippen molar-refractivity contribution in [3.8, 4) is 0 Å². The molecule has 1 aromatic rings. The molecule has 1 N–H and O–H groups in total. The Kier molecular flexibility index (Phi) is 4.04. The summed E-state index contributed by atoms with van der Waals surface area (Å²) in [5, 5.41) is 9.24. The molecule has 0 atom stereocenters. The quantitative estimate of drug-likeness (QED) is 0.903. The number of ether oxygens (including phenoxy) is 1. The number of aliphatic carboxylic acids is 1. The summed E-state index contributed by atoms with van der Waals surface area (Å²) < 4.78 is 6.10. The SMILES string of the molecule is CN(Cc1ccccc1Br)CC1(C(=O)O)COC1. The number of benzene rings is 1. The van der Waals surface area contributed by atoms with Crippen molar-refractivity contribution >= 4 is 21.9 Å². The van der Waals surface area contributed by atoms with E-state index in [1.165, 1.54) is 0 Å². The smallest absolute Gasteiger partial charge is 0.315 e. The maximum atomic E-state index is 11.2. The first-order chi connectivity index (χ1) is 8.53. The monoisotopic (exact) mass is 313 g/mol. The molecule has 1 heterocycles. The van der Waals surface area contributed by atoms with Gasteiger partial charge in [0.2, 0.25) is 0 Å². The fourth-order valence-corrected chi connectivity index (χ4v) is 2.53. The molecule has 1 saturated heterocycles. The Hall–Kier alpha value is -0.910. The highest BCUT2D eigenvalue weighted by molar-refractivity contribution is 9.10. The number of nitrogens with zero attached hydrogens (tertiary/aromatic N) is 1. The first kappa shape index (κ1) is 13.5. The summed E-state index contributed by atoms with van der Waals surface area (Å²) in [7, 11) is 1.93. The molecule has 98 valence electrons. The molecule has 0 amide bonds.